The predicted octanol–water partition coefficient (Wildman–Crippen LogP) is 2.66. The van der Waals surface area contributed by atoms with Crippen LogP contribution in [0.5, 0.6) is 5.75 Å². The largest absolute Gasteiger partial charge is 0.495 e. The van der Waals surface area contributed by atoms with Crippen molar-refractivity contribution in [2.24, 2.45) is 0 Å². The summed E-state index contributed by atoms with van der Waals surface area (Å²) in [5, 5.41) is 2.64. The van der Waals surface area contributed by atoms with E-state index in [2.05, 4.69) is 14.8 Å². The summed E-state index contributed by atoms with van der Waals surface area (Å²) in [6.07, 6.45) is 0.976. The third-order valence-corrected chi connectivity index (χ3v) is 6.23. The molecule has 0 radical (unpaired) electrons. The van der Waals surface area contributed by atoms with Gasteiger partial charge in [-0.15, -0.1) is 0 Å². The van der Waals surface area contributed by atoms with Gasteiger partial charge >= 0.3 is 0 Å². The van der Waals surface area contributed by atoms with Gasteiger partial charge in [0.1, 0.15) is 5.75 Å². The van der Waals surface area contributed by atoms with Gasteiger partial charge in [0.05, 0.1) is 34.5 Å². The molecule has 0 atom stereocenters. The van der Waals surface area contributed by atoms with E-state index < -0.39 is 26.0 Å². The Morgan fingerprint density at radius 3 is 2.30 bits per heavy atom. The standard InChI is InChI=1S/C18H22ClN3O6S2/c1-11(2)21-30(26,27)13-6-8-17(28-3)16(10-13)20-18(23)14-9-12(5-7-15(14)19)22-29(4,24)25/h5-11,21-22H,1-4H3,(H,20,23). The number of sulfonamides is 2. The monoisotopic (exact) mass is 475 g/mol. The van der Waals surface area contributed by atoms with Crippen LogP contribution in [0.3, 0.4) is 0 Å². The molecule has 0 saturated carbocycles. The zero-order chi connectivity index (χ0) is 22.7. The molecule has 0 spiro atoms. The van der Waals surface area contributed by atoms with Gasteiger partial charge in [-0.05, 0) is 50.2 Å². The highest BCUT2D eigenvalue weighted by Crippen LogP contribution is 2.29. The molecule has 0 saturated heterocycles. The first-order valence-corrected chi connectivity index (χ1v) is 12.4. The van der Waals surface area contributed by atoms with Crippen LogP contribution in [0.4, 0.5) is 11.4 Å². The van der Waals surface area contributed by atoms with Gasteiger partial charge in [-0.25, -0.2) is 21.6 Å². The Morgan fingerprint density at radius 1 is 1.07 bits per heavy atom. The lowest BCUT2D eigenvalue weighted by molar-refractivity contribution is 0.102. The molecule has 0 aliphatic carbocycles. The van der Waals surface area contributed by atoms with Gasteiger partial charge < -0.3 is 10.1 Å². The molecule has 9 nitrogen and oxygen atoms in total. The van der Waals surface area contributed by atoms with Crippen molar-refractivity contribution < 1.29 is 26.4 Å². The Morgan fingerprint density at radius 2 is 1.73 bits per heavy atom. The third kappa shape index (κ3) is 6.33. The van der Waals surface area contributed by atoms with Crippen molar-refractivity contribution >= 4 is 48.9 Å². The van der Waals surface area contributed by atoms with E-state index in [1.807, 2.05) is 0 Å². The van der Waals surface area contributed by atoms with Crippen LogP contribution in [0.15, 0.2) is 41.3 Å². The maximum absolute atomic E-state index is 12.8. The minimum Gasteiger partial charge on any atom is -0.495 e. The number of hydrogen-bond acceptors (Lipinski definition) is 6. The number of ether oxygens (including phenoxy) is 1. The van der Waals surface area contributed by atoms with Crippen LogP contribution in [0.1, 0.15) is 24.2 Å². The molecule has 3 N–H and O–H groups in total. The number of benzene rings is 2. The van der Waals surface area contributed by atoms with E-state index in [-0.39, 0.29) is 38.6 Å². The lowest BCUT2D eigenvalue weighted by atomic mass is 10.2. The van der Waals surface area contributed by atoms with E-state index in [0.29, 0.717) is 0 Å². The number of rotatable bonds is 8. The van der Waals surface area contributed by atoms with Crippen molar-refractivity contribution in [1.29, 1.82) is 0 Å². The van der Waals surface area contributed by atoms with Gasteiger partial charge in [0.25, 0.3) is 5.91 Å². The Balaban J connectivity index is 2.41. The SMILES string of the molecule is COc1ccc(S(=O)(=O)NC(C)C)cc1NC(=O)c1cc(NS(C)(=O)=O)ccc1Cl. The zero-order valence-corrected chi connectivity index (χ0v) is 19.1. The summed E-state index contributed by atoms with van der Waals surface area (Å²) >= 11 is 6.09. The van der Waals surface area contributed by atoms with Gasteiger partial charge in [0.15, 0.2) is 0 Å². The van der Waals surface area contributed by atoms with Crippen LogP contribution in [0.25, 0.3) is 0 Å². The van der Waals surface area contributed by atoms with E-state index in [1.165, 1.54) is 43.5 Å². The number of amides is 1. The highest BCUT2D eigenvalue weighted by atomic mass is 35.5. The highest BCUT2D eigenvalue weighted by Gasteiger charge is 2.20. The van der Waals surface area contributed by atoms with Crippen molar-refractivity contribution in [3.63, 3.8) is 0 Å². The van der Waals surface area contributed by atoms with E-state index in [9.17, 15) is 21.6 Å². The zero-order valence-electron chi connectivity index (χ0n) is 16.7. The maximum atomic E-state index is 12.8. The molecule has 0 aliphatic rings. The fraction of sp³-hybridized carbons (Fsp3) is 0.278. The second kappa shape index (κ2) is 9.21. The molecule has 2 aromatic rings. The lowest BCUT2D eigenvalue weighted by Crippen LogP contribution is -2.30. The van der Waals surface area contributed by atoms with Crippen LogP contribution in [0.2, 0.25) is 5.02 Å². The lowest BCUT2D eigenvalue weighted by Gasteiger charge is -2.15. The quantitative estimate of drug-likeness (QED) is 0.538. The fourth-order valence-corrected chi connectivity index (χ4v) is 4.53. The van der Waals surface area contributed by atoms with Gasteiger partial charge in [-0.1, -0.05) is 11.6 Å². The second-order valence-corrected chi connectivity index (χ2v) is 10.5. The normalized spacial score (nSPS) is 11.9. The van der Waals surface area contributed by atoms with Gasteiger partial charge in [0.2, 0.25) is 20.0 Å². The summed E-state index contributed by atoms with van der Waals surface area (Å²) in [6, 6.07) is 7.75. The van der Waals surface area contributed by atoms with E-state index >= 15 is 0 Å². The molecule has 0 aromatic heterocycles. The number of hydrogen-bond donors (Lipinski definition) is 3. The first-order chi connectivity index (χ1) is 13.8. The van der Waals surface area contributed by atoms with E-state index in [4.69, 9.17) is 16.3 Å². The molecule has 2 rings (SSSR count). The Bertz CT molecular complexity index is 1160. The summed E-state index contributed by atoms with van der Waals surface area (Å²) in [6.45, 7) is 3.37. The molecule has 1 amide bonds. The predicted molar refractivity (Wildman–Crippen MR) is 116 cm³/mol. The average Bonchev–Trinajstić information content (AvgIpc) is 2.61. The topological polar surface area (TPSA) is 131 Å². The molecule has 0 fully saturated rings. The highest BCUT2D eigenvalue weighted by molar-refractivity contribution is 7.92. The molecule has 0 heterocycles. The third-order valence-electron chi connectivity index (χ3n) is 3.63. The average molecular weight is 476 g/mol. The van der Waals surface area contributed by atoms with E-state index in [1.54, 1.807) is 13.8 Å². The first-order valence-electron chi connectivity index (χ1n) is 8.61. The first kappa shape index (κ1) is 23.9. The van der Waals surface area contributed by atoms with Crippen molar-refractivity contribution in [3.8, 4) is 5.75 Å². The van der Waals surface area contributed by atoms with Crippen LogP contribution in [-0.2, 0) is 20.0 Å². The molecular formula is C18H22ClN3O6S2. The number of anilines is 2. The number of carbonyl (C=O) groups excluding carboxylic acids is 1. The molecule has 164 valence electrons. The van der Waals surface area contributed by atoms with Crippen molar-refractivity contribution in [2.75, 3.05) is 23.4 Å². The molecule has 2 aromatic carbocycles. The summed E-state index contributed by atoms with van der Waals surface area (Å²) < 4.78 is 57.6. The molecule has 0 unspecified atom stereocenters. The molecule has 0 aliphatic heterocycles. The van der Waals surface area contributed by atoms with Crippen molar-refractivity contribution in [1.82, 2.24) is 4.72 Å². The minimum atomic E-state index is -3.80. The smallest absolute Gasteiger partial charge is 0.257 e. The number of nitrogens with one attached hydrogen (secondary N) is 3. The number of carbonyl (C=O) groups is 1. The second-order valence-electron chi connectivity index (χ2n) is 6.66. The Kier molecular flexibility index (Phi) is 7.35. The molecule has 0 bridgehead atoms. The van der Waals surface area contributed by atoms with E-state index in [0.717, 1.165) is 6.26 Å². The molecule has 12 heteroatoms. The van der Waals surface area contributed by atoms with Crippen LogP contribution in [0, 0.1) is 0 Å². The van der Waals surface area contributed by atoms with Crippen LogP contribution in [-0.4, -0.2) is 42.2 Å². The Hall–Kier alpha value is -2.34. The van der Waals surface area contributed by atoms with Gasteiger partial charge in [-0.2, -0.15) is 0 Å². The number of halogens is 1. The molecule has 30 heavy (non-hydrogen) atoms. The van der Waals surface area contributed by atoms with Gasteiger partial charge in [-0.3, -0.25) is 9.52 Å². The molecular weight excluding hydrogens is 454 g/mol. The summed E-state index contributed by atoms with van der Waals surface area (Å²) in [5.41, 5.74) is 0.240. The Labute approximate surface area is 180 Å². The summed E-state index contributed by atoms with van der Waals surface area (Å²) in [7, 11) is -5.98. The summed E-state index contributed by atoms with van der Waals surface area (Å²) in [5.74, 6) is -0.449. The van der Waals surface area contributed by atoms with Crippen molar-refractivity contribution in [2.45, 2.75) is 24.8 Å². The van der Waals surface area contributed by atoms with Crippen molar-refractivity contribution in [3.05, 3.63) is 47.0 Å². The fourth-order valence-electron chi connectivity index (χ4n) is 2.50. The number of methoxy groups -OCH3 is 1. The van der Waals surface area contributed by atoms with Gasteiger partial charge in [0, 0.05) is 11.7 Å². The minimum absolute atomic E-state index is 0.0130. The van der Waals surface area contributed by atoms with Crippen LogP contribution < -0.4 is 19.5 Å². The maximum Gasteiger partial charge on any atom is 0.257 e. The summed E-state index contributed by atoms with van der Waals surface area (Å²) in [4.78, 5) is 12.7. The van der Waals surface area contributed by atoms with Crippen LogP contribution >= 0.6 is 11.6 Å².